The third kappa shape index (κ3) is 6.16. The van der Waals surface area contributed by atoms with E-state index in [-0.39, 0.29) is 34.5 Å². The fraction of sp³-hybridized carbons (Fsp3) is 0.556. The standard InChI is InChI=1S/2C18H24O2/c2*1-18(2)10-13-8-9-14(12-6-4-3-5-7-12)17(20)16(13)15(19)11-18/h2*3-8,14-17,19-20H,9-11H2,1-2H3/t2*14-,15-,16+,17-/m11/s1. The lowest BCUT2D eigenvalue weighted by Gasteiger charge is -2.46. The van der Waals surface area contributed by atoms with Crippen LogP contribution in [-0.4, -0.2) is 44.8 Å². The molecule has 40 heavy (non-hydrogen) atoms. The van der Waals surface area contributed by atoms with Crippen LogP contribution in [0.4, 0.5) is 0 Å². The van der Waals surface area contributed by atoms with E-state index < -0.39 is 24.4 Å². The molecule has 4 nitrogen and oxygen atoms in total. The van der Waals surface area contributed by atoms with Gasteiger partial charge in [0.2, 0.25) is 0 Å². The normalized spacial score (nSPS) is 36.1. The molecule has 2 aromatic rings. The second-order valence-electron chi connectivity index (χ2n) is 14.3. The van der Waals surface area contributed by atoms with Crippen molar-refractivity contribution in [1.82, 2.24) is 0 Å². The molecular weight excluding hydrogens is 496 g/mol. The third-order valence-corrected chi connectivity index (χ3v) is 9.86. The van der Waals surface area contributed by atoms with Crippen LogP contribution >= 0.6 is 0 Å². The first-order valence-electron chi connectivity index (χ1n) is 15.2. The second-order valence-corrected chi connectivity index (χ2v) is 14.3. The van der Waals surface area contributed by atoms with Gasteiger partial charge in [0.05, 0.1) is 24.4 Å². The van der Waals surface area contributed by atoms with Gasteiger partial charge in [-0.05, 0) is 60.5 Å². The van der Waals surface area contributed by atoms with Crippen molar-refractivity contribution in [2.45, 2.75) is 102 Å². The fourth-order valence-electron chi connectivity index (χ4n) is 8.08. The van der Waals surface area contributed by atoms with Crippen molar-refractivity contribution in [1.29, 1.82) is 0 Å². The van der Waals surface area contributed by atoms with Crippen LogP contribution in [0, 0.1) is 22.7 Å². The summed E-state index contributed by atoms with van der Waals surface area (Å²) < 4.78 is 0. The number of hydrogen-bond donors (Lipinski definition) is 4. The first-order valence-corrected chi connectivity index (χ1v) is 15.2. The minimum Gasteiger partial charge on any atom is -0.392 e. The van der Waals surface area contributed by atoms with Crippen molar-refractivity contribution in [3.05, 3.63) is 95.1 Å². The number of aliphatic hydroxyl groups is 4. The number of allylic oxidation sites excluding steroid dienone is 2. The summed E-state index contributed by atoms with van der Waals surface area (Å²) in [5.41, 5.74) is 5.14. The first-order chi connectivity index (χ1) is 19.0. The van der Waals surface area contributed by atoms with Gasteiger partial charge in [-0.2, -0.15) is 0 Å². The van der Waals surface area contributed by atoms with E-state index in [2.05, 4.69) is 64.1 Å². The molecule has 4 heteroatoms. The first kappa shape index (κ1) is 29.3. The lowest BCUT2D eigenvalue weighted by Crippen LogP contribution is -2.45. The molecule has 8 atom stereocenters. The minimum absolute atomic E-state index is 0.0815. The van der Waals surface area contributed by atoms with Crippen molar-refractivity contribution in [2.24, 2.45) is 22.7 Å². The fourth-order valence-corrected chi connectivity index (χ4v) is 8.08. The molecule has 0 saturated heterocycles. The largest absolute Gasteiger partial charge is 0.392 e. The summed E-state index contributed by atoms with van der Waals surface area (Å²) >= 11 is 0. The van der Waals surface area contributed by atoms with Gasteiger partial charge in [0.25, 0.3) is 0 Å². The average Bonchev–Trinajstić information content (AvgIpc) is 2.88. The van der Waals surface area contributed by atoms with Crippen LogP contribution in [0.15, 0.2) is 84.0 Å². The van der Waals surface area contributed by atoms with Gasteiger partial charge >= 0.3 is 0 Å². The molecule has 4 aliphatic carbocycles. The van der Waals surface area contributed by atoms with Gasteiger partial charge in [-0.25, -0.2) is 0 Å². The van der Waals surface area contributed by atoms with E-state index in [1.54, 1.807) is 0 Å². The molecular formula is C36H48O4. The van der Waals surface area contributed by atoms with Crippen LogP contribution < -0.4 is 0 Å². The monoisotopic (exact) mass is 544 g/mol. The summed E-state index contributed by atoms with van der Waals surface area (Å²) in [6, 6.07) is 20.4. The summed E-state index contributed by atoms with van der Waals surface area (Å²) in [6.07, 6.45) is 8.02. The molecule has 2 saturated carbocycles. The Morgan fingerprint density at radius 2 is 0.900 bits per heavy atom. The van der Waals surface area contributed by atoms with E-state index in [1.165, 1.54) is 22.3 Å². The van der Waals surface area contributed by atoms with Crippen LogP contribution in [-0.2, 0) is 0 Å². The van der Waals surface area contributed by atoms with Crippen molar-refractivity contribution in [2.75, 3.05) is 0 Å². The van der Waals surface area contributed by atoms with Gasteiger partial charge in [-0.1, -0.05) is 112 Å². The van der Waals surface area contributed by atoms with E-state index in [0.29, 0.717) is 0 Å². The molecule has 0 bridgehead atoms. The highest BCUT2D eigenvalue weighted by molar-refractivity contribution is 5.31. The van der Waals surface area contributed by atoms with Crippen LogP contribution in [0.1, 0.15) is 89.2 Å². The third-order valence-electron chi connectivity index (χ3n) is 9.86. The van der Waals surface area contributed by atoms with Gasteiger partial charge in [0.15, 0.2) is 0 Å². The Morgan fingerprint density at radius 1 is 0.550 bits per heavy atom. The molecule has 2 aromatic carbocycles. The summed E-state index contributed by atoms with van der Waals surface area (Å²) in [6.45, 7) is 8.79. The zero-order chi connectivity index (χ0) is 28.7. The predicted octanol–water partition coefficient (Wildman–Crippen LogP) is 6.52. The maximum Gasteiger partial charge on any atom is 0.0701 e. The molecule has 0 radical (unpaired) electrons. The number of rotatable bonds is 2. The minimum atomic E-state index is -0.469. The van der Waals surface area contributed by atoms with Gasteiger partial charge in [-0.3, -0.25) is 0 Å². The van der Waals surface area contributed by atoms with Crippen molar-refractivity contribution >= 4 is 0 Å². The highest BCUT2D eigenvalue weighted by atomic mass is 16.3. The maximum absolute atomic E-state index is 10.8. The Labute approximate surface area is 240 Å². The molecule has 216 valence electrons. The summed E-state index contributed by atoms with van der Waals surface area (Å²) in [4.78, 5) is 0. The van der Waals surface area contributed by atoms with Gasteiger partial charge in [0.1, 0.15) is 0 Å². The molecule has 0 aliphatic heterocycles. The topological polar surface area (TPSA) is 80.9 Å². The molecule has 4 aliphatic rings. The Kier molecular flexibility index (Phi) is 8.46. The predicted molar refractivity (Wildman–Crippen MR) is 161 cm³/mol. The van der Waals surface area contributed by atoms with E-state index in [4.69, 9.17) is 0 Å². The summed E-state index contributed by atoms with van der Waals surface area (Å²) in [5.74, 6) is 0.0607. The van der Waals surface area contributed by atoms with Crippen molar-refractivity contribution in [3.63, 3.8) is 0 Å². The zero-order valence-corrected chi connectivity index (χ0v) is 24.6. The maximum atomic E-state index is 10.8. The molecule has 2 fully saturated rings. The van der Waals surface area contributed by atoms with Crippen LogP contribution in [0.2, 0.25) is 0 Å². The molecule has 0 unspecified atom stereocenters. The van der Waals surface area contributed by atoms with Crippen LogP contribution in [0.25, 0.3) is 0 Å². The highest BCUT2D eigenvalue weighted by Gasteiger charge is 2.46. The molecule has 6 rings (SSSR count). The lowest BCUT2D eigenvalue weighted by atomic mass is 9.62. The molecule has 0 heterocycles. The average molecular weight is 545 g/mol. The Bertz CT molecular complexity index is 1100. The van der Waals surface area contributed by atoms with Crippen molar-refractivity contribution in [3.8, 4) is 0 Å². The van der Waals surface area contributed by atoms with Gasteiger partial charge in [-0.15, -0.1) is 0 Å². The van der Waals surface area contributed by atoms with Gasteiger partial charge < -0.3 is 20.4 Å². The molecule has 0 amide bonds. The number of hydrogen-bond acceptors (Lipinski definition) is 4. The van der Waals surface area contributed by atoms with E-state index >= 15 is 0 Å². The van der Waals surface area contributed by atoms with E-state index in [0.717, 1.165) is 38.5 Å². The van der Waals surface area contributed by atoms with Crippen LogP contribution in [0.5, 0.6) is 0 Å². The lowest BCUT2D eigenvalue weighted by molar-refractivity contribution is -0.0300. The van der Waals surface area contributed by atoms with E-state index in [9.17, 15) is 20.4 Å². The summed E-state index contributed by atoms with van der Waals surface area (Å²) in [7, 11) is 0. The highest BCUT2D eigenvalue weighted by Crippen LogP contribution is 2.50. The Morgan fingerprint density at radius 3 is 1.25 bits per heavy atom. The van der Waals surface area contributed by atoms with Crippen LogP contribution in [0.3, 0.4) is 0 Å². The Balaban J connectivity index is 0.000000161. The second kappa shape index (κ2) is 11.6. The zero-order valence-electron chi connectivity index (χ0n) is 24.6. The number of aliphatic hydroxyl groups excluding tert-OH is 4. The molecule has 4 N–H and O–H groups in total. The van der Waals surface area contributed by atoms with Gasteiger partial charge in [0, 0.05) is 23.7 Å². The van der Waals surface area contributed by atoms with Crippen molar-refractivity contribution < 1.29 is 20.4 Å². The quantitative estimate of drug-likeness (QED) is 0.325. The smallest absolute Gasteiger partial charge is 0.0701 e. The molecule has 0 aromatic heterocycles. The summed E-state index contributed by atoms with van der Waals surface area (Å²) in [5, 5.41) is 42.5. The number of benzene rings is 2. The van der Waals surface area contributed by atoms with E-state index in [1.807, 2.05) is 36.4 Å². The number of fused-ring (bicyclic) bond motifs is 2. The Hall–Kier alpha value is -2.24. The molecule has 0 spiro atoms. The SMILES string of the molecule is CC1(C)CC2=CC[C@H](c3ccccc3)[C@@H](O)[C@@H]2[C@H](O)C1.CC1(C)CC2=CC[C@H](c3ccccc3)[C@@H](O)[C@@H]2[C@H](O)C1.